The molecule has 8 nitrogen and oxygen atoms in total. The number of amides is 1. The first-order chi connectivity index (χ1) is 17.6. The zero-order valence-electron chi connectivity index (χ0n) is 22.4. The third-order valence-corrected chi connectivity index (χ3v) is 8.18. The van der Waals surface area contributed by atoms with Gasteiger partial charge in [0, 0.05) is 62.0 Å². The second-order valence-corrected chi connectivity index (χ2v) is 11.4. The van der Waals surface area contributed by atoms with Crippen molar-refractivity contribution >= 4 is 5.91 Å². The van der Waals surface area contributed by atoms with Crippen molar-refractivity contribution in [2.75, 3.05) is 33.2 Å². The van der Waals surface area contributed by atoms with E-state index in [1.54, 1.807) is 19.3 Å². The molecule has 2 aliphatic heterocycles. The second-order valence-electron chi connectivity index (χ2n) is 11.4. The summed E-state index contributed by atoms with van der Waals surface area (Å²) in [5.41, 5.74) is 1.87. The number of carbonyl (C=O) groups excluding carboxylic acids is 1. The van der Waals surface area contributed by atoms with Crippen LogP contribution in [-0.4, -0.2) is 69.2 Å². The summed E-state index contributed by atoms with van der Waals surface area (Å²) in [7, 11) is 2.07. The van der Waals surface area contributed by atoms with Crippen LogP contribution in [0.2, 0.25) is 0 Å². The van der Waals surface area contributed by atoms with Crippen LogP contribution in [0.1, 0.15) is 75.0 Å². The standard InChI is InChI=1S/C29H37N5O3/c1-19(2)21-8-10-24(11-9-21)29(36,28(4)17-33(5)18-28)25-13-23(14-30-15-25)26-31-27(37-32-26)22-7-6-12-34(16-22)20(3)35/h8-11,13-15,19,22,36H,6-7,12,16-18H2,1-5H3/t22-,29?/m1/s1. The predicted molar refractivity (Wildman–Crippen MR) is 141 cm³/mol. The van der Waals surface area contributed by atoms with Gasteiger partial charge in [-0.05, 0) is 43.0 Å². The molecule has 2 aliphatic rings. The Morgan fingerprint density at radius 3 is 2.57 bits per heavy atom. The number of rotatable bonds is 6. The number of aliphatic hydroxyl groups is 1. The Hall–Kier alpha value is -3.10. The summed E-state index contributed by atoms with van der Waals surface area (Å²) < 4.78 is 5.65. The zero-order valence-corrected chi connectivity index (χ0v) is 22.4. The van der Waals surface area contributed by atoms with Crippen LogP contribution in [-0.2, 0) is 10.4 Å². The summed E-state index contributed by atoms with van der Waals surface area (Å²) in [6, 6.07) is 10.2. The first-order valence-electron chi connectivity index (χ1n) is 13.2. The molecule has 3 aromatic rings. The summed E-state index contributed by atoms with van der Waals surface area (Å²) in [6.45, 7) is 10.9. The number of pyridine rings is 1. The molecule has 2 aromatic heterocycles. The van der Waals surface area contributed by atoms with E-state index in [4.69, 9.17) is 4.52 Å². The van der Waals surface area contributed by atoms with E-state index in [1.165, 1.54) is 5.56 Å². The molecule has 0 spiro atoms. The van der Waals surface area contributed by atoms with E-state index >= 15 is 0 Å². The van der Waals surface area contributed by atoms with Crippen molar-refractivity contribution in [1.29, 1.82) is 0 Å². The lowest BCUT2D eigenvalue weighted by atomic mass is 9.62. The van der Waals surface area contributed by atoms with Crippen LogP contribution in [0.25, 0.3) is 11.4 Å². The van der Waals surface area contributed by atoms with Gasteiger partial charge in [-0.2, -0.15) is 4.98 Å². The third kappa shape index (κ3) is 4.57. The normalized spacial score (nSPS) is 21.5. The smallest absolute Gasteiger partial charge is 0.231 e. The average Bonchev–Trinajstić information content (AvgIpc) is 3.38. The molecule has 0 aliphatic carbocycles. The zero-order chi connectivity index (χ0) is 26.4. The summed E-state index contributed by atoms with van der Waals surface area (Å²) in [5, 5.41) is 16.7. The summed E-state index contributed by atoms with van der Waals surface area (Å²) in [6.07, 6.45) is 5.27. The monoisotopic (exact) mass is 503 g/mol. The molecule has 0 radical (unpaired) electrons. The van der Waals surface area contributed by atoms with Crippen molar-refractivity contribution in [2.24, 2.45) is 5.41 Å². The van der Waals surface area contributed by atoms with Gasteiger partial charge in [-0.3, -0.25) is 9.78 Å². The van der Waals surface area contributed by atoms with Gasteiger partial charge in [-0.1, -0.05) is 50.2 Å². The second kappa shape index (κ2) is 9.65. The first-order valence-corrected chi connectivity index (χ1v) is 13.2. The molecule has 1 aromatic carbocycles. The van der Waals surface area contributed by atoms with E-state index in [0.29, 0.717) is 35.3 Å². The number of likely N-dealkylation sites (tertiary alicyclic amines) is 2. The highest BCUT2D eigenvalue weighted by molar-refractivity contribution is 5.73. The molecule has 0 saturated carbocycles. The number of benzene rings is 1. The molecule has 2 atom stereocenters. The molecule has 8 heteroatoms. The Morgan fingerprint density at radius 1 is 1.19 bits per heavy atom. The minimum atomic E-state index is -1.24. The van der Waals surface area contributed by atoms with Crippen molar-refractivity contribution in [3.8, 4) is 11.4 Å². The van der Waals surface area contributed by atoms with Crippen molar-refractivity contribution in [3.63, 3.8) is 0 Å². The molecule has 2 fully saturated rings. The maximum Gasteiger partial charge on any atom is 0.231 e. The summed E-state index contributed by atoms with van der Waals surface area (Å²) in [4.78, 5) is 25.1. The molecule has 1 amide bonds. The fraction of sp³-hybridized carbons (Fsp3) is 0.517. The van der Waals surface area contributed by atoms with Crippen molar-refractivity contribution < 1.29 is 14.4 Å². The van der Waals surface area contributed by atoms with Gasteiger partial charge in [0.1, 0.15) is 5.60 Å². The largest absolute Gasteiger partial charge is 0.380 e. The van der Waals surface area contributed by atoms with Gasteiger partial charge in [0.15, 0.2) is 0 Å². The number of piperidine rings is 1. The molecular weight excluding hydrogens is 466 g/mol. The lowest BCUT2D eigenvalue weighted by Gasteiger charge is -2.55. The van der Waals surface area contributed by atoms with Crippen molar-refractivity contribution in [1.82, 2.24) is 24.9 Å². The van der Waals surface area contributed by atoms with Crippen molar-refractivity contribution in [3.05, 3.63) is 65.3 Å². The Kier molecular flexibility index (Phi) is 6.66. The van der Waals surface area contributed by atoms with Gasteiger partial charge in [-0.15, -0.1) is 0 Å². The molecule has 1 unspecified atom stereocenters. The molecule has 1 N–H and O–H groups in total. The Labute approximate surface area is 218 Å². The number of hydrogen-bond donors (Lipinski definition) is 1. The molecule has 5 rings (SSSR count). The van der Waals surface area contributed by atoms with Gasteiger partial charge in [-0.25, -0.2) is 0 Å². The highest BCUT2D eigenvalue weighted by Crippen LogP contribution is 2.50. The molecule has 0 bridgehead atoms. The van der Waals surface area contributed by atoms with Gasteiger partial charge in [0.25, 0.3) is 0 Å². The maximum absolute atomic E-state index is 12.5. The highest BCUT2D eigenvalue weighted by Gasteiger charge is 2.55. The minimum Gasteiger partial charge on any atom is -0.380 e. The summed E-state index contributed by atoms with van der Waals surface area (Å²) in [5.74, 6) is 1.49. The van der Waals surface area contributed by atoms with E-state index in [2.05, 4.69) is 60.0 Å². The third-order valence-electron chi connectivity index (χ3n) is 8.18. The van der Waals surface area contributed by atoms with Crippen LogP contribution in [0.3, 0.4) is 0 Å². The molecule has 2 saturated heterocycles. The van der Waals surface area contributed by atoms with E-state index in [1.807, 2.05) is 23.1 Å². The molecule has 37 heavy (non-hydrogen) atoms. The average molecular weight is 504 g/mol. The van der Waals surface area contributed by atoms with Crippen LogP contribution in [0.4, 0.5) is 0 Å². The lowest BCUT2D eigenvalue weighted by molar-refractivity contribution is -0.130. The SMILES string of the molecule is CC(=O)N1CCC[C@@H](c2nc(-c3cncc(C(O)(c4ccc(C(C)C)cc4)C4(C)CN(C)C4)c3)no2)C1. The maximum atomic E-state index is 12.5. The lowest BCUT2D eigenvalue weighted by Crippen LogP contribution is -2.63. The van der Waals surface area contributed by atoms with Crippen LogP contribution in [0.5, 0.6) is 0 Å². The van der Waals surface area contributed by atoms with Crippen LogP contribution in [0.15, 0.2) is 47.2 Å². The Morgan fingerprint density at radius 2 is 1.92 bits per heavy atom. The summed E-state index contributed by atoms with van der Waals surface area (Å²) >= 11 is 0. The van der Waals surface area contributed by atoms with Gasteiger partial charge < -0.3 is 19.4 Å². The first kappa shape index (κ1) is 25.5. The van der Waals surface area contributed by atoms with Gasteiger partial charge in [0.2, 0.25) is 17.6 Å². The van der Waals surface area contributed by atoms with Crippen LogP contribution >= 0.6 is 0 Å². The molecule has 4 heterocycles. The van der Waals surface area contributed by atoms with E-state index in [9.17, 15) is 9.90 Å². The van der Waals surface area contributed by atoms with Crippen molar-refractivity contribution in [2.45, 2.75) is 58.0 Å². The predicted octanol–water partition coefficient (Wildman–Crippen LogP) is 4.17. The van der Waals surface area contributed by atoms with Crippen LogP contribution in [0, 0.1) is 5.41 Å². The van der Waals surface area contributed by atoms with E-state index < -0.39 is 5.60 Å². The molecule has 196 valence electrons. The number of carbonyl (C=O) groups is 1. The highest BCUT2D eigenvalue weighted by atomic mass is 16.5. The van der Waals surface area contributed by atoms with Gasteiger partial charge >= 0.3 is 0 Å². The van der Waals surface area contributed by atoms with E-state index in [-0.39, 0.29) is 17.2 Å². The number of hydrogen-bond acceptors (Lipinski definition) is 7. The minimum absolute atomic E-state index is 0.0240. The fourth-order valence-corrected chi connectivity index (χ4v) is 6.09. The Balaban J connectivity index is 1.49. The topological polar surface area (TPSA) is 95.6 Å². The molecular formula is C29H37N5O3. The Bertz CT molecular complexity index is 1260. The number of nitrogens with zero attached hydrogens (tertiary/aromatic N) is 5. The van der Waals surface area contributed by atoms with Crippen LogP contribution < -0.4 is 0 Å². The van der Waals surface area contributed by atoms with Gasteiger partial charge in [0.05, 0.1) is 5.92 Å². The number of aromatic nitrogens is 3. The van der Waals surface area contributed by atoms with E-state index in [0.717, 1.165) is 38.0 Å². The fourth-order valence-electron chi connectivity index (χ4n) is 6.09. The quantitative estimate of drug-likeness (QED) is 0.539.